The smallest absolute Gasteiger partial charge is 0.270 e. The molecule has 1 aromatic heterocycles. The van der Waals surface area contributed by atoms with Gasteiger partial charge in [-0.2, -0.15) is 10.4 Å². The van der Waals surface area contributed by atoms with Crippen molar-refractivity contribution in [1.82, 2.24) is 9.97 Å². The monoisotopic (exact) mass is 431 g/mol. The molecule has 0 unspecified atom stereocenters. The van der Waals surface area contributed by atoms with Gasteiger partial charge >= 0.3 is 0 Å². The number of hydrogen-bond acceptors (Lipinski definition) is 7. The second-order valence-electron chi connectivity index (χ2n) is 6.92. The summed E-state index contributed by atoms with van der Waals surface area (Å²) in [5, 5.41) is 13.6. The number of nitrogens with zero attached hydrogens (tertiary/aromatic N) is 3. The van der Waals surface area contributed by atoms with E-state index in [1.807, 2.05) is 42.5 Å². The molecule has 8 nitrogen and oxygen atoms in total. The third-order valence-corrected chi connectivity index (χ3v) is 4.68. The van der Waals surface area contributed by atoms with E-state index in [0.717, 1.165) is 19.3 Å². The summed E-state index contributed by atoms with van der Waals surface area (Å²) in [4.78, 5) is 19.3. The maximum absolute atomic E-state index is 12.4. The zero-order chi connectivity index (χ0) is 22.8. The molecule has 3 aromatic rings. The van der Waals surface area contributed by atoms with Gasteiger partial charge in [-0.3, -0.25) is 9.78 Å². The Morgan fingerprint density at radius 1 is 1.19 bits per heavy atom. The van der Waals surface area contributed by atoms with Crippen LogP contribution in [0.15, 0.2) is 58.4 Å². The Labute approximate surface area is 186 Å². The van der Waals surface area contributed by atoms with Crippen molar-refractivity contribution in [3.05, 3.63) is 70.0 Å². The topological polar surface area (TPSA) is 112 Å². The van der Waals surface area contributed by atoms with Crippen molar-refractivity contribution in [2.45, 2.75) is 26.2 Å². The van der Waals surface area contributed by atoms with E-state index in [9.17, 15) is 10.1 Å². The quantitative estimate of drug-likeness (QED) is 0.281. The first-order valence-electron chi connectivity index (χ1n) is 10.4. The Morgan fingerprint density at radius 3 is 2.72 bits per heavy atom. The number of aromatic amines is 1. The van der Waals surface area contributed by atoms with Gasteiger partial charge in [0, 0.05) is 11.1 Å². The fourth-order valence-electron chi connectivity index (χ4n) is 3.07. The summed E-state index contributed by atoms with van der Waals surface area (Å²) < 4.78 is 11.4. The Morgan fingerprint density at radius 2 is 2.00 bits per heavy atom. The first-order valence-corrected chi connectivity index (χ1v) is 10.4. The lowest BCUT2D eigenvalue weighted by Gasteiger charge is -2.13. The Kier molecular flexibility index (Phi) is 7.98. The van der Waals surface area contributed by atoms with Crippen LogP contribution in [0.1, 0.15) is 37.3 Å². The molecule has 32 heavy (non-hydrogen) atoms. The van der Waals surface area contributed by atoms with Crippen LogP contribution >= 0.6 is 0 Å². The molecular formula is C24H25N5O3. The second kappa shape index (κ2) is 11.3. The van der Waals surface area contributed by atoms with Crippen LogP contribution in [0.5, 0.6) is 11.5 Å². The van der Waals surface area contributed by atoms with Gasteiger partial charge in [-0.05, 0) is 18.6 Å². The van der Waals surface area contributed by atoms with Crippen LogP contribution in [-0.4, -0.2) is 29.9 Å². The largest absolute Gasteiger partial charge is 0.493 e. The van der Waals surface area contributed by atoms with E-state index < -0.39 is 5.56 Å². The molecule has 0 atom stereocenters. The van der Waals surface area contributed by atoms with Gasteiger partial charge in [0.2, 0.25) is 5.95 Å². The number of rotatable bonds is 10. The Balaban J connectivity index is 1.84. The number of nitriles is 1. The summed E-state index contributed by atoms with van der Waals surface area (Å²) in [6.07, 6.45) is 4.70. The fraction of sp³-hybridized carbons (Fsp3) is 0.250. The number of hydrazone groups is 1. The number of hydrogen-bond donors (Lipinski definition) is 2. The standard InChI is InChI=1S/C24H25N5O3/c1-3-4-8-14-32-22-18(12-9-13-20(22)31-2)16-26-29-24-27-21(17-10-6-5-7-11-17)19(15-25)23(30)28-24/h5-7,9-13,16H,3-4,8,14H2,1-2H3,(H2,27,28,29,30). The number of unbranched alkanes of at least 4 members (excludes halogenated alkanes) is 2. The normalized spacial score (nSPS) is 10.7. The first kappa shape index (κ1) is 22.6. The number of ether oxygens (including phenoxy) is 2. The molecule has 8 heteroatoms. The molecule has 0 spiro atoms. The van der Waals surface area contributed by atoms with E-state index in [0.29, 0.717) is 29.2 Å². The third-order valence-electron chi connectivity index (χ3n) is 4.68. The molecule has 1 heterocycles. The van der Waals surface area contributed by atoms with Gasteiger partial charge in [0.25, 0.3) is 5.56 Å². The van der Waals surface area contributed by atoms with Crippen LogP contribution in [0, 0.1) is 11.3 Å². The van der Waals surface area contributed by atoms with Crippen molar-refractivity contribution in [3.8, 4) is 28.8 Å². The molecule has 2 N–H and O–H groups in total. The van der Waals surface area contributed by atoms with Crippen molar-refractivity contribution in [2.75, 3.05) is 19.1 Å². The lowest BCUT2D eigenvalue weighted by molar-refractivity contribution is 0.285. The zero-order valence-electron chi connectivity index (χ0n) is 18.1. The average molecular weight is 431 g/mol. The molecule has 0 saturated carbocycles. The number of methoxy groups -OCH3 is 1. The van der Waals surface area contributed by atoms with Crippen molar-refractivity contribution in [2.24, 2.45) is 5.10 Å². The maximum Gasteiger partial charge on any atom is 0.270 e. The fourth-order valence-corrected chi connectivity index (χ4v) is 3.07. The van der Waals surface area contributed by atoms with Crippen molar-refractivity contribution >= 4 is 12.2 Å². The first-order chi connectivity index (χ1) is 15.7. The van der Waals surface area contributed by atoms with Crippen LogP contribution < -0.4 is 20.5 Å². The highest BCUT2D eigenvalue weighted by molar-refractivity contribution is 5.85. The van der Waals surface area contributed by atoms with Crippen molar-refractivity contribution in [3.63, 3.8) is 0 Å². The molecule has 0 amide bonds. The van der Waals surface area contributed by atoms with E-state index in [1.165, 1.54) is 0 Å². The van der Waals surface area contributed by atoms with E-state index in [-0.39, 0.29) is 17.2 Å². The molecular weight excluding hydrogens is 406 g/mol. The van der Waals surface area contributed by atoms with E-state index in [1.54, 1.807) is 25.5 Å². The molecule has 164 valence electrons. The van der Waals surface area contributed by atoms with Crippen LogP contribution in [0.2, 0.25) is 0 Å². The number of anilines is 1. The van der Waals surface area contributed by atoms with Gasteiger partial charge in [0.1, 0.15) is 11.6 Å². The lowest BCUT2D eigenvalue weighted by Crippen LogP contribution is -2.16. The van der Waals surface area contributed by atoms with Gasteiger partial charge in [-0.25, -0.2) is 10.4 Å². The van der Waals surface area contributed by atoms with Gasteiger partial charge in [0.05, 0.1) is 25.6 Å². The summed E-state index contributed by atoms with van der Waals surface area (Å²) in [5.41, 5.74) is 3.81. The molecule has 2 aromatic carbocycles. The number of benzene rings is 2. The summed E-state index contributed by atoms with van der Waals surface area (Å²) in [6, 6.07) is 16.5. The Bertz CT molecular complexity index is 1170. The summed E-state index contributed by atoms with van der Waals surface area (Å²) in [5.74, 6) is 1.34. The summed E-state index contributed by atoms with van der Waals surface area (Å²) in [6.45, 7) is 2.71. The van der Waals surface area contributed by atoms with E-state index in [2.05, 4.69) is 27.4 Å². The van der Waals surface area contributed by atoms with Gasteiger partial charge < -0.3 is 9.47 Å². The Hall–Kier alpha value is -4.12. The minimum absolute atomic E-state index is 0.0544. The lowest BCUT2D eigenvalue weighted by atomic mass is 10.1. The zero-order valence-corrected chi connectivity index (χ0v) is 18.1. The highest BCUT2D eigenvalue weighted by Crippen LogP contribution is 2.30. The second-order valence-corrected chi connectivity index (χ2v) is 6.92. The summed E-state index contributed by atoms with van der Waals surface area (Å²) in [7, 11) is 1.59. The molecule has 0 bridgehead atoms. The molecule has 0 aliphatic heterocycles. The van der Waals surface area contributed by atoms with Gasteiger partial charge in [0.15, 0.2) is 11.5 Å². The highest BCUT2D eigenvalue weighted by atomic mass is 16.5. The highest BCUT2D eigenvalue weighted by Gasteiger charge is 2.13. The van der Waals surface area contributed by atoms with Crippen molar-refractivity contribution < 1.29 is 9.47 Å². The number of aromatic nitrogens is 2. The minimum atomic E-state index is -0.541. The third kappa shape index (κ3) is 5.52. The predicted octanol–water partition coefficient (Wildman–Crippen LogP) is 4.33. The van der Waals surface area contributed by atoms with Crippen molar-refractivity contribution in [1.29, 1.82) is 5.26 Å². The predicted molar refractivity (Wildman–Crippen MR) is 124 cm³/mol. The van der Waals surface area contributed by atoms with Crippen LogP contribution in [-0.2, 0) is 0 Å². The minimum Gasteiger partial charge on any atom is -0.493 e. The van der Waals surface area contributed by atoms with Crippen LogP contribution in [0.3, 0.4) is 0 Å². The number of nitrogens with one attached hydrogen (secondary N) is 2. The average Bonchev–Trinajstić information content (AvgIpc) is 2.82. The molecule has 0 aliphatic carbocycles. The van der Waals surface area contributed by atoms with Gasteiger partial charge in [-0.1, -0.05) is 56.2 Å². The maximum atomic E-state index is 12.4. The molecule has 0 aliphatic rings. The van der Waals surface area contributed by atoms with E-state index in [4.69, 9.17) is 9.47 Å². The van der Waals surface area contributed by atoms with E-state index >= 15 is 0 Å². The molecule has 0 saturated heterocycles. The summed E-state index contributed by atoms with van der Waals surface area (Å²) >= 11 is 0. The van der Waals surface area contributed by atoms with Gasteiger partial charge in [-0.15, -0.1) is 0 Å². The van der Waals surface area contributed by atoms with Crippen LogP contribution in [0.4, 0.5) is 5.95 Å². The SMILES string of the molecule is CCCCCOc1c(C=NNc2nc(-c3ccccc3)c(C#N)c(=O)[nH]2)cccc1OC. The number of para-hydroxylation sites is 1. The number of H-pyrrole nitrogens is 1. The molecule has 0 fully saturated rings. The molecule has 0 radical (unpaired) electrons. The van der Waals surface area contributed by atoms with Crippen LogP contribution in [0.25, 0.3) is 11.3 Å². The molecule has 3 rings (SSSR count).